The second kappa shape index (κ2) is 32.0. The molecule has 0 spiro atoms. The highest BCUT2D eigenvalue weighted by atomic mass is 32.2. The third kappa shape index (κ3) is 17.9. The number of methoxy groups -OCH3 is 1. The van der Waals surface area contributed by atoms with Gasteiger partial charge in [0, 0.05) is 144 Å². The first-order chi connectivity index (χ1) is 44.1. The van der Waals surface area contributed by atoms with Crippen LogP contribution in [-0.4, -0.2) is 163 Å². The van der Waals surface area contributed by atoms with E-state index >= 15 is 0 Å². The van der Waals surface area contributed by atoms with E-state index in [0.29, 0.717) is 57.4 Å². The summed E-state index contributed by atoms with van der Waals surface area (Å²) < 4.78 is 34.6. The molecular formula is C70H86N12O6S3. The van der Waals surface area contributed by atoms with Crippen LogP contribution < -0.4 is 14.7 Å². The Kier molecular flexibility index (Phi) is 23.7. The largest absolute Gasteiger partial charge is 0.383 e. The number of ether oxygens (including phenoxy) is 6. The molecule has 0 N–H and O–H groups in total. The van der Waals surface area contributed by atoms with Crippen LogP contribution in [0.1, 0.15) is 108 Å². The third-order valence-corrected chi connectivity index (χ3v) is 20.0. The van der Waals surface area contributed by atoms with Crippen molar-refractivity contribution in [2.45, 2.75) is 132 Å². The van der Waals surface area contributed by atoms with Gasteiger partial charge in [0.05, 0.1) is 86.3 Å². The number of fused-ring (bicyclic) bond motifs is 3. The number of hydrogen-bond acceptors (Lipinski definition) is 21. The monoisotopic (exact) mass is 1290 g/mol. The number of morpholine rings is 2. The van der Waals surface area contributed by atoms with Crippen molar-refractivity contribution in [2.75, 3.05) is 131 Å². The SMILES string of the molecule is CC1(C)Cc2c(C#N)c(SCCc3ccccn3)nc(N3CCOCC3)c2CO1.CC1(C)Cc2c(C#N)c(SCCc3cccnc3)nc(N3CCOCC3)c2CO1.COCCN1CCN(c2nc(SCCc3ccccc3)c(C#N)c3c2COC(C)(C)C3)CC1. The second-order valence-electron chi connectivity index (χ2n) is 25.2. The first-order valence-corrected chi connectivity index (χ1v) is 34.7. The lowest BCUT2D eigenvalue weighted by molar-refractivity contribution is -0.0405. The second-order valence-corrected chi connectivity index (χ2v) is 28.5. The van der Waals surface area contributed by atoms with Crippen molar-refractivity contribution in [2.24, 2.45) is 0 Å². The first kappa shape index (κ1) is 67.5. The molecule has 0 aliphatic carbocycles. The molecule has 6 aliphatic rings. The Morgan fingerprint density at radius 1 is 0.495 bits per heavy atom. The Morgan fingerprint density at radius 2 is 0.923 bits per heavy atom. The Balaban J connectivity index is 0.000000150. The van der Waals surface area contributed by atoms with Crippen LogP contribution in [0, 0.1) is 34.0 Å². The van der Waals surface area contributed by atoms with E-state index in [1.807, 2.05) is 42.7 Å². The molecule has 0 saturated carbocycles. The van der Waals surface area contributed by atoms with E-state index in [1.54, 1.807) is 48.6 Å². The van der Waals surface area contributed by atoms with Gasteiger partial charge in [0.25, 0.3) is 0 Å². The van der Waals surface area contributed by atoms with Crippen LogP contribution in [0.2, 0.25) is 0 Å². The van der Waals surface area contributed by atoms with Crippen LogP contribution in [0.5, 0.6) is 0 Å². The zero-order valence-electron chi connectivity index (χ0n) is 53.9. The predicted molar refractivity (Wildman–Crippen MR) is 359 cm³/mol. The average Bonchev–Trinajstić information content (AvgIpc) is 0.867. The van der Waals surface area contributed by atoms with Crippen molar-refractivity contribution in [3.63, 3.8) is 0 Å². The van der Waals surface area contributed by atoms with Gasteiger partial charge < -0.3 is 43.1 Å². The van der Waals surface area contributed by atoms with Gasteiger partial charge in [-0.1, -0.05) is 42.5 Å². The van der Waals surface area contributed by atoms with Crippen LogP contribution >= 0.6 is 35.3 Å². The highest BCUT2D eigenvalue weighted by Crippen LogP contribution is 2.42. The standard InChI is InChI=1S/C26H34N4O2S.2C22H26N4O2S/c1-26(2)17-21-22(18-27)25(33-16-9-20-7-5-4-6-8-20)28-24(23(21)19-32-26)30-12-10-29(11-13-30)14-15-31-3;1-22(2)12-17-18(13-23)21(29-11-5-16-4-3-6-24-14-16)25-20(19(17)15-28-22)26-7-9-27-10-8-26;1-22(2)13-17-18(14-23)21(29-12-6-16-5-3-4-7-24-16)25-20(19(17)15-28-22)26-8-10-27-11-9-26/h4-8H,9-17,19H2,1-3H3;3-4,6,14H,5,7-12,15H2,1-2H3;3-5,7H,6,8-13,15H2,1-2H3. The van der Waals surface area contributed by atoms with E-state index < -0.39 is 0 Å². The van der Waals surface area contributed by atoms with Gasteiger partial charge in [-0.05, 0) is 107 Å². The molecule has 91 heavy (non-hydrogen) atoms. The van der Waals surface area contributed by atoms with E-state index in [2.05, 4.69) is 120 Å². The summed E-state index contributed by atoms with van der Waals surface area (Å²) in [5.74, 6) is 5.51. The van der Waals surface area contributed by atoms with Crippen LogP contribution in [0.4, 0.5) is 17.5 Å². The number of pyridine rings is 5. The van der Waals surface area contributed by atoms with E-state index in [0.717, 1.165) is 198 Å². The van der Waals surface area contributed by atoms with Crippen molar-refractivity contribution >= 4 is 52.7 Å². The minimum absolute atomic E-state index is 0.276. The summed E-state index contributed by atoms with van der Waals surface area (Å²) in [6.07, 6.45) is 10.4. The molecule has 0 radical (unpaired) electrons. The summed E-state index contributed by atoms with van der Waals surface area (Å²) in [6.45, 7) is 25.6. The Bertz CT molecular complexity index is 3380. The van der Waals surface area contributed by atoms with Crippen LogP contribution in [0.3, 0.4) is 0 Å². The maximum Gasteiger partial charge on any atom is 0.135 e. The number of rotatable bonds is 18. The van der Waals surface area contributed by atoms with Gasteiger partial charge in [-0.25, -0.2) is 15.0 Å². The topological polar surface area (TPSA) is 204 Å². The number of aromatic nitrogens is 5. The van der Waals surface area contributed by atoms with Crippen LogP contribution in [-0.2, 0) is 86.8 Å². The minimum atomic E-state index is -0.280. The maximum absolute atomic E-state index is 10.1. The van der Waals surface area contributed by atoms with E-state index in [9.17, 15) is 15.8 Å². The molecule has 11 heterocycles. The van der Waals surface area contributed by atoms with Gasteiger partial charge in [-0.15, -0.1) is 35.3 Å². The minimum Gasteiger partial charge on any atom is -0.383 e. The molecule has 6 aliphatic heterocycles. The van der Waals surface area contributed by atoms with Gasteiger partial charge >= 0.3 is 0 Å². The molecule has 3 saturated heterocycles. The number of piperazine rings is 1. The molecule has 12 rings (SSSR count). The number of benzene rings is 1. The normalized spacial score (nSPS) is 18.1. The predicted octanol–water partition coefficient (Wildman–Crippen LogP) is 10.6. The smallest absolute Gasteiger partial charge is 0.135 e. The first-order valence-electron chi connectivity index (χ1n) is 31.8. The molecule has 18 nitrogen and oxygen atoms in total. The Labute approximate surface area is 550 Å². The fraction of sp³-hybridized carbons (Fsp3) is 0.514. The summed E-state index contributed by atoms with van der Waals surface area (Å²) in [4.78, 5) is 33.0. The molecule has 3 fully saturated rings. The highest BCUT2D eigenvalue weighted by Gasteiger charge is 2.37. The van der Waals surface area contributed by atoms with E-state index in [1.165, 1.54) is 11.1 Å². The zero-order chi connectivity index (χ0) is 63.8. The molecule has 21 heteroatoms. The zero-order valence-corrected chi connectivity index (χ0v) is 56.4. The van der Waals surface area contributed by atoms with Crippen molar-refractivity contribution in [3.8, 4) is 18.2 Å². The van der Waals surface area contributed by atoms with Crippen molar-refractivity contribution < 1.29 is 28.4 Å². The van der Waals surface area contributed by atoms with Gasteiger partial charge in [0.15, 0.2) is 0 Å². The molecule has 480 valence electrons. The number of nitrogens with zero attached hydrogens (tertiary/aromatic N) is 12. The number of anilines is 3. The summed E-state index contributed by atoms with van der Waals surface area (Å²) in [5, 5.41) is 32.6. The molecule has 0 bridgehead atoms. The van der Waals surface area contributed by atoms with Gasteiger partial charge in [0.2, 0.25) is 0 Å². The van der Waals surface area contributed by atoms with E-state index in [-0.39, 0.29) is 16.8 Å². The number of hydrogen-bond donors (Lipinski definition) is 0. The van der Waals surface area contributed by atoms with Crippen LogP contribution in [0.25, 0.3) is 0 Å². The number of thioether (sulfide) groups is 3. The lowest BCUT2D eigenvalue weighted by Crippen LogP contribution is -2.48. The Hall–Kier alpha value is -6.39. The summed E-state index contributed by atoms with van der Waals surface area (Å²) in [5.41, 5.74) is 11.4. The highest BCUT2D eigenvalue weighted by molar-refractivity contribution is 7.99. The molecule has 6 aromatic rings. The van der Waals surface area contributed by atoms with Crippen molar-refractivity contribution in [3.05, 3.63) is 146 Å². The van der Waals surface area contributed by atoms with E-state index in [4.69, 9.17) is 43.4 Å². The molecule has 0 amide bonds. The lowest BCUT2D eigenvalue weighted by atomic mass is 9.89. The fourth-order valence-corrected chi connectivity index (χ4v) is 15.1. The van der Waals surface area contributed by atoms with Gasteiger partial charge in [-0.2, -0.15) is 15.8 Å². The average molecular weight is 1290 g/mol. The maximum atomic E-state index is 10.1. The molecule has 5 aromatic heterocycles. The molecule has 0 atom stereocenters. The summed E-state index contributed by atoms with van der Waals surface area (Å²) >= 11 is 5.00. The van der Waals surface area contributed by atoms with Crippen molar-refractivity contribution in [1.29, 1.82) is 15.8 Å². The summed E-state index contributed by atoms with van der Waals surface area (Å²) in [7, 11) is 1.75. The number of aryl methyl sites for hydroxylation is 3. The van der Waals surface area contributed by atoms with Gasteiger partial charge in [-0.3, -0.25) is 14.9 Å². The molecule has 0 unspecified atom stereocenters. The third-order valence-electron chi connectivity index (χ3n) is 17.1. The summed E-state index contributed by atoms with van der Waals surface area (Å²) in [6, 6.07) is 27.9. The van der Waals surface area contributed by atoms with Crippen molar-refractivity contribution in [1.82, 2.24) is 29.8 Å². The number of nitriles is 3. The van der Waals surface area contributed by atoms with Crippen LogP contribution in [0.15, 0.2) is 94.3 Å². The fourth-order valence-electron chi connectivity index (χ4n) is 12.1. The molecular weight excluding hydrogens is 1200 g/mol. The van der Waals surface area contributed by atoms with Gasteiger partial charge in [0.1, 0.15) is 50.7 Å². The quantitative estimate of drug-likeness (QED) is 0.0734. The Morgan fingerprint density at radius 3 is 1.34 bits per heavy atom. The molecule has 1 aromatic carbocycles. The lowest BCUT2D eigenvalue weighted by Gasteiger charge is -2.39.